The van der Waals surface area contributed by atoms with Gasteiger partial charge >= 0.3 is 25.2 Å². The average Bonchev–Trinajstić information content (AvgIpc) is 3.00. The van der Waals surface area contributed by atoms with Crippen molar-refractivity contribution >= 4 is 11.9 Å². The molecule has 0 aliphatic heterocycles. The maximum atomic E-state index is 12.4. The van der Waals surface area contributed by atoms with Crippen molar-refractivity contribution in [3.63, 3.8) is 0 Å². The van der Waals surface area contributed by atoms with Crippen molar-refractivity contribution < 1.29 is 46.5 Å². The molecule has 10 nitrogen and oxygen atoms in total. The van der Waals surface area contributed by atoms with Crippen LogP contribution in [0.5, 0.6) is 11.5 Å². The minimum Gasteiger partial charge on any atom is -0.478 e. The summed E-state index contributed by atoms with van der Waals surface area (Å²) < 4.78 is 62.7. The molecule has 0 atom stereocenters. The minimum absolute atomic E-state index is 0.0408. The lowest BCUT2D eigenvalue weighted by atomic mass is 10.1. The van der Waals surface area contributed by atoms with Gasteiger partial charge in [0, 0.05) is 24.8 Å². The molecule has 0 spiro atoms. The molecular formula is C29H18F4N4O6. The second kappa shape index (κ2) is 15.7. The average molecular weight is 594 g/mol. The number of aromatic nitrogens is 4. The molecule has 4 aromatic rings. The van der Waals surface area contributed by atoms with Gasteiger partial charge in [-0.25, -0.2) is 29.5 Å². The molecule has 0 saturated heterocycles. The van der Waals surface area contributed by atoms with E-state index in [0.29, 0.717) is 11.1 Å². The maximum Gasteiger partial charge on any atom is 0.387 e. The number of esters is 1. The third-order valence-electron chi connectivity index (χ3n) is 4.86. The van der Waals surface area contributed by atoms with Crippen molar-refractivity contribution in [1.29, 1.82) is 0 Å². The van der Waals surface area contributed by atoms with E-state index in [9.17, 15) is 27.2 Å². The summed E-state index contributed by atoms with van der Waals surface area (Å²) in [7, 11) is 1.22. The zero-order valence-corrected chi connectivity index (χ0v) is 21.9. The van der Waals surface area contributed by atoms with E-state index in [1.54, 1.807) is 0 Å². The molecule has 0 aliphatic carbocycles. The van der Waals surface area contributed by atoms with Gasteiger partial charge in [0.15, 0.2) is 0 Å². The molecule has 0 saturated carbocycles. The molecule has 0 fully saturated rings. The van der Waals surface area contributed by atoms with Crippen LogP contribution in [0.4, 0.5) is 17.6 Å². The van der Waals surface area contributed by atoms with Crippen LogP contribution in [-0.4, -0.2) is 57.3 Å². The SMILES string of the molecule is COC(=O)c1ccc(OC(F)F)c(C#Cc2cncnc2)c1.O=C(O)c1ccc(OC(F)F)c(C#Cc2cncnc2)c1. The van der Waals surface area contributed by atoms with Gasteiger partial charge < -0.3 is 19.3 Å². The highest BCUT2D eigenvalue weighted by molar-refractivity contribution is 5.90. The zero-order chi connectivity index (χ0) is 31.2. The van der Waals surface area contributed by atoms with Gasteiger partial charge in [0.1, 0.15) is 24.2 Å². The van der Waals surface area contributed by atoms with Crippen LogP contribution >= 0.6 is 0 Å². The van der Waals surface area contributed by atoms with Crippen LogP contribution < -0.4 is 9.47 Å². The summed E-state index contributed by atoms with van der Waals surface area (Å²) in [6.45, 7) is -6.02. The summed E-state index contributed by atoms with van der Waals surface area (Å²) in [6.07, 6.45) is 8.48. The predicted molar refractivity (Wildman–Crippen MR) is 140 cm³/mol. The predicted octanol–water partition coefficient (Wildman–Crippen LogP) is 4.44. The molecule has 0 amide bonds. The van der Waals surface area contributed by atoms with Crippen molar-refractivity contribution in [3.05, 3.63) is 107 Å². The lowest BCUT2D eigenvalue weighted by Crippen LogP contribution is -2.06. The van der Waals surface area contributed by atoms with Crippen molar-refractivity contribution in [2.24, 2.45) is 0 Å². The van der Waals surface area contributed by atoms with E-state index in [-0.39, 0.29) is 33.8 Å². The summed E-state index contributed by atoms with van der Waals surface area (Å²) in [5.74, 6) is 8.47. The Morgan fingerprint density at radius 2 is 1.12 bits per heavy atom. The van der Waals surface area contributed by atoms with Crippen LogP contribution in [0.2, 0.25) is 0 Å². The number of methoxy groups -OCH3 is 1. The van der Waals surface area contributed by atoms with E-state index >= 15 is 0 Å². The van der Waals surface area contributed by atoms with Gasteiger partial charge in [-0.05, 0) is 36.4 Å². The fourth-order valence-corrected chi connectivity index (χ4v) is 3.04. The molecule has 0 aliphatic rings. The Labute approximate surface area is 241 Å². The molecule has 0 unspecified atom stereocenters. The number of hydrogen-bond donors (Lipinski definition) is 1. The number of rotatable bonds is 6. The highest BCUT2D eigenvalue weighted by Gasteiger charge is 2.13. The van der Waals surface area contributed by atoms with Gasteiger partial charge in [-0.1, -0.05) is 23.7 Å². The normalized spacial score (nSPS) is 9.84. The number of carbonyl (C=O) groups is 2. The van der Waals surface area contributed by atoms with Crippen LogP contribution in [0.1, 0.15) is 43.0 Å². The first-order valence-corrected chi connectivity index (χ1v) is 11.7. The Morgan fingerprint density at radius 3 is 1.51 bits per heavy atom. The Bertz CT molecular complexity index is 1690. The number of aromatic carboxylic acids is 1. The van der Waals surface area contributed by atoms with Crippen molar-refractivity contribution in [3.8, 4) is 35.2 Å². The number of ether oxygens (including phenoxy) is 3. The van der Waals surface area contributed by atoms with Crippen molar-refractivity contribution in [2.45, 2.75) is 13.2 Å². The first-order chi connectivity index (χ1) is 20.7. The molecule has 43 heavy (non-hydrogen) atoms. The number of alkyl halides is 4. The second-order valence-corrected chi connectivity index (χ2v) is 7.73. The molecule has 14 heteroatoms. The maximum absolute atomic E-state index is 12.4. The number of hydrogen-bond acceptors (Lipinski definition) is 9. The summed E-state index contributed by atoms with van der Waals surface area (Å²) >= 11 is 0. The highest BCUT2D eigenvalue weighted by Crippen LogP contribution is 2.23. The van der Waals surface area contributed by atoms with E-state index < -0.39 is 25.2 Å². The molecule has 0 bridgehead atoms. The zero-order valence-electron chi connectivity index (χ0n) is 21.9. The fraction of sp³-hybridized carbons (Fsp3) is 0.103. The molecular weight excluding hydrogens is 576 g/mol. The van der Waals surface area contributed by atoms with Crippen LogP contribution in [0.15, 0.2) is 73.8 Å². The Kier molecular flexibility index (Phi) is 11.5. The topological polar surface area (TPSA) is 134 Å². The smallest absolute Gasteiger partial charge is 0.387 e. The fourth-order valence-electron chi connectivity index (χ4n) is 3.04. The molecule has 2 heterocycles. The van der Waals surface area contributed by atoms with E-state index in [1.165, 1.54) is 62.8 Å². The standard InChI is InChI=1S/C15H10F2N2O3.C14H8F2N2O3/c1-21-14(20)12-4-5-13(22-15(16)17)11(6-12)3-2-10-7-18-9-19-8-10;15-14(16)21-12-4-3-11(13(19)20)5-10(12)2-1-9-6-17-8-18-7-9/h4-9,15H,1H3;3-8,14H,(H,19,20). The van der Waals surface area contributed by atoms with Gasteiger partial charge in [-0.2, -0.15) is 17.6 Å². The molecule has 218 valence electrons. The Hall–Kier alpha value is -6.02. The first-order valence-electron chi connectivity index (χ1n) is 11.7. The lowest BCUT2D eigenvalue weighted by Gasteiger charge is -2.08. The Balaban J connectivity index is 0.000000236. The molecule has 2 aromatic heterocycles. The number of carboxylic acid groups (broad SMARTS) is 1. The second-order valence-electron chi connectivity index (χ2n) is 7.73. The van der Waals surface area contributed by atoms with Crippen LogP contribution in [0, 0.1) is 23.7 Å². The summed E-state index contributed by atoms with van der Waals surface area (Å²) in [4.78, 5) is 37.5. The van der Waals surface area contributed by atoms with Gasteiger partial charge in [0.25, 0.3) is 0 Å². The number of benzene rings is 2. The molecule has 0 radical (unpaired) electrons. The van der Waals surface area contributed by atoms with E-state index in [4.69, 9.17) is 5.11 Å². The number of carbonyl (C=O) groups excluding carboxylic acids is 1. The minimum atomic E-state index is -3.03. The molecule has 2 aromatic carbocycles. The molecule has 1 N–H and O–H groups in total. The van der Waals surface area contributed by atoms with E-state index in [0.717, 1.165) is 18.2 Å². The number of halogens is 4. The Morgan fingerprint density at radius 1 is 0.698 bits per heavy atom. The third-order valence-corrected chi connectivity index (χ3v) is 4.86. The highest BCUT2D eigenvalue weighted by atomic mass is 19.3. The van der Waals surface area contributed by atoms with Crippen molar-refractivity contribution in [1.82, 2.24) is 19.9 Å². The van der Waals surface area contributed by atoms with Gasteiger partial charge in [-0.15, -0.1) is 0 Å². The van der Waals surface area contributed by atoms with Gasteiger partial charge in [0.2, 0.25) is 0 Å². The third kappa shape index (κ3) is 10.1. The lowest BCUT2D eigenvalue weighted by molar-refractivity contribution is -0.0507. The number of carboxylic acids is 1. The quantitative estimate of drug-likeness (QED) is 0.194. The molecule has 4 rings (SSSR count). The monoisotopic (exact) mass is 594 g/mol. The first kappa shape index (κ1) is 31.5. The summed E-state index contributed by atoms with van der Waals surface area (Å²) in [5.41, 5.74) is 1.23. The summed E-state index contributed by atoms with van der Waals surface area (Å²) in [6, 6.07) is 7.35. The largest absolute Gasteiger partial charge is 0.478 e. The summed E-state index contributed by atoms with van der Waals surface area (Å²) in [5, 5.41) is 8.91. The van der Waals surface area contributed by atoms with Crippen LogP contribution in [0.3, 0.4) is 0 Å². The van der Waals surface area contributed by atoms with E-state index in [1.807, 2.05) is 0 Å². The van der Waals surface area contributed by atoms with Crippen LogP contribution in [0.25, 0.3) is 0 Å². The van der Waals surface area contributed by atoms with Crippen molar-refractivity contribution in [2.75, 3.05) is 7.11 Å². The van der Waals surface area contributed by atoms with Gasteiger partial charge in [-0.3, -0.25) is 0 Å². The van der Waals surface area contributed by atoms with Gasteiger partial charge in [0.05, 0.1) is 40.5 Å². The van der Waals surface area contributed by atoms with Crippen LogP contribution in [-0.2, 0) is 4.74 Å². The number of nitrogens with zero attached hydrogens (tertiary/aromatic N) is 4. The van der Waals surface area contributed by atoms with E-state index in [2.05, 4.69) is 57.8 Å².